The van der Waals surface area contributed by atoms with E-state index < -0.39 is 30.1 Å². The standard InChI is InChI=1S/C21H28N2O5/c1-5-6-8-13-17(20(25)27-4)22-19(24)18(15(2)3)23-21(26)28-14-16-11-9-7-10-12-16/h1,7,9-12,15,17-18H,6,8,13-14H2,2-4H3,(H,22,24)(H,23,26)/t17-,18+/m1/s1. The Labute approximate surface area is 166 Å². The highest BCUT2D eigenvalue weighted by Crippen LogP contribution is 2.08. The zero-order valence-electron chi connectivity index (χ0n) is 16.6. The lowest BCUT2D eigenvalue weighted by atomic mass is 10.0. The molecular weight excluding hydrogens is 360 g/mol. The van der Waals surface area contributed by atoms with Gasteiger partial charge in [-0.05, 0) is 24.3 Å². The first-order chi connectivity index (χ1) is 13.4. The Morgan fingerprint density at radius 1 is 1.14 bits per heavy atom. The molecule has 0 unspecified atom stereocenters. The lowest BCUT2D eigenvalue weighted by Crippen LogP contribution is -2.53. The molecule has 1 aromatic carbocycles. The number of unbranched alkanes of at least 4 members (excludes halogenated alkanes) is 1. The molecule has 2 atom stereocenters. The van der Waals surface area contributed by atoms with Crippen LogP contribution in [0.15, 0.2) is 30.3 Å². The van der Waals surface area contributed by atoms with Crippen molar-refractivity contribution < 1.29 is 23.9 Å². The normalized spacial score (nSPS) is 12.4. The van der Waals surface area contributed by atoms with E-state index in [0.717, 1.165) is 5.56 Å². The first kappa shape index (κ1) is 23.0. The summed E-state index contributed by atoms with van der Waals surface area (Å²) in [6, 6.07) is 7.53. The quantitative estimate of drug-likeness (QED) is 0.365. The minimum absolute atomic E-state index is 0.0932. The number of benzene rings is 1. The van der Waals surface area contributed by atoms with Crippen molar-refractivity contribution in [3.8, 4) is 12.3 Å². The van der Waals surface area contributed by atoms with Gasteiger partial charge in [-0.25, -0.2) is 9.59 Å². The average molecular weight is 388 g/mol. The van der Waals surface area contributed by atoms with Gasteiger partial charge < -0.3 is 20.1 Å². The fourth-order valence-electron chi connectivity index (χ4n) is 2.49. The van der Waals surface area contributed by atoms with Gasteiger partial charge in [0.2, 0.25) is 5.91 Å². The van der Waals surface area contributed by atoms with Crippen molar-refractivity contribution in [2.75, 3.05) is 7.11 Å². The molecule has 1 rings (SSSR count). The van der Waals surface area contributed by atoms with Crippen LogP contribution in [0.4, 0.5) is 4.79 Å². The summed E-state index contributed by atoms with van der Waals surface area (Å²) in [6.45, 7) is 3.66. The van der Waals surface area contributed by atoms with Crippen LogP contribution in [0.1, 0.15) is 38.7 Å². The Kier molecular flexibility index (Phi) is 10.2. The number of ether oxygens (including phenoxy) is 2. The Morgan fingerprint density at radius 3 is 2.39 bits per heavy atom. The third-order valence-electron chi connectivity index (χ3n) is 4.05. The predicted molar refractivity (Wildman–Crippen MR) is 105 cm³/mol. The number of alkyl carbamates (subject to hydrolysis) is 1. The third kappa shape index (κ3) is 8.12. The van der Waals surface area contributed by atoms with Gasteiger partial charge in [-0.3, -0.25) is 4.79 Å². The molecule has 0 spiro atoms. The molecule has 0 saturated heterocycles. The van der Waals surface area contributed by atoms with Crippen molar-refractivity contribution in [2.24, 2.45) is 5.92 Å². The molecule has 0 aliphatic heterocycles. The highest BCUT2D eigenvalue weighted by atomic mass is 16.5. The molecule has 152 valence electrons. The minimum atomic E-state index is -0.858. The molecule has 2 N–H and O–H groups in total. The lowest BCUT2D eigenvalue weighted by Gasteiger charge is -2.24. The number of carbonyl (C=O) groups is 3. The van der Waals surface area contributed by atoms with Gasteiger partial charge in [-0.1, -0.05) is 44.2 Å². The molecule has 0 heterocycles. The monoisotopic (exact) mass is 388 g/mol. The van der Waals surface area contributed by atoms with E-state index in [1.807, 2.05) is 30.3 Å². The molecule has 2 amide bonds. The van der Waals surface area contributed by atoms with Crippen molar-refractivity contribution in [1.82, 2.24) is 10.6 Å². The van der Waals surface area contributed by atoms with Crippen molar-refractivity contribution in [3.63, 3.8) is 0 Å². The van der Waals surface area contributed by atoms with Crippen LogP contribution in [-0.2, 0) is 25.7 Å². The summed E-state index contributed by atoms with van der Waals surface area (Å²) in [6.07, 6.45) is 5.92. The number of hydrogen-bond acceptors (Lipinski definition) is 5. The number of esters is 1. The summed E-state index contributed by atoms with van der Waals surface area (Å²) in [5.74, 6) is 1.24. The molecule has 0 bridgehead atoms. The summed E-state index contributed by atoms with van der Waals surface area (Å²) in [7, 11) is 1.25. The van der Waals surface area contributed by atoms with Gasteiger partial charge in [0.15, 0.2) is 0 Å². The van der Waals surface area contributed by atoms with Gasteiger partial charge >= 0.3 is 12.1 Å². The Hall–Kier alpha value is -3.01. The molecule has 0 aromatic heterocycles. The van der Waals surface area contributed by atoms with Gasteiger partial charge in [0, 0.05) is 6.42 Å². The van der Waals surface area contributed by atoms with Crippen LogP contribution in [0.3, 0.4) is 0 Å². The number of rotatable bonds is 10. The van der Waals surface area contributed by atoms with E-state index in [-0.39, 0.29) is 12.5 Å². The number of carbonyl (C=O) groups excluding carboxylic acids is 3. The van der Waals surface area contributed by atoms with Gasteiger partial charge in [0.1, 0.15) is 18.7 Å². The number of nitrogens with one attached hydrogen (secondary N) is 2. The van der Waals surface area contributed by atoms with Crippen molar-refractivity contribution in [1.29, 1.82) is 0 Å². The fourth-order valence-corrected chi connectivity index (χ4v) is 2.49. The van der Waals surface area contributed by atoms with E-state index in [4.69, 9.17) is 15.9 Å². The van der Waals surface area contributed by atoms with E-state index in [0.29, 0.717) is 19.3 Å². The molecule has 0 radical (unpaired) electrons. The summed E-state index contributed by atoms with van der Waals surface area (Å²) in [5, 5.41) is 5.19. The number of hydrogen-bond donors (Lipinski definition) is 2. The molecule has 7 heteroatoms. The Bertz CT molecular complexity index is 682. The van der Waals surface area contributed by atoms with Crippen LogP contribution in [0.5, 0.6) is 0 Å². The summed E-state index contributed by atoms with van der Waals surface area (Å²) in [4.78, 5) is 36.6. The van der Waals surface area contributed by atoms with E-state index in [1.165, 1.54) is 7.11 Å². The predicted octanol–water partition coefficient (Wildman–Crippen LogP) is 2.40. The van der Waals surface area contributed by atoms with E-state index >= 15 is 0 Å². The largest absolute Gasteiger partial charge is 0.467 e. The van der Waals surface area contributed by atoms with Crippen molar-refractivity contribution in [3.05, 3.63) is 35.9 Å². The van der Waals surface area contributed by atoms with Crippen LogP contribution < -0.4 is 10.6 Å². The second-order valence-corrected chi connectivity index (χ2v) is 6.61. The second kappa shape index (κ2) is 12.4. The van der Waals surface area contributed by atoms with Gasteiger partial charge in [0.25, 0.3) is 0 Å². The topological polar surface area (TPSA) is 93.7 Å². The second-order valence-electron chi connectivity index (χ2n) is 6.61. The zero-order chi connectivity index (χ0) is 20.9. The number of amides is 2. The molecular formula is C21H28N2O5. The maximum atomic E-state index is 12.6. The molecule has 1 aromatic rings. The average Bonchev–Trinajstić information content (AvgIpc) is 2.69. The Morgan fingerprint density at radius 2 is 1.82 bits per heavy atom. The van der Waals surface area contributed by atoms with E-state index in [1.54, 1.807) is 13.8 Å². The molecule has 7 nitrogen and oxygen atoms in total. The first-order valence-corrected chi connectivity index (χ1v) is 9.17. The molecule has 0 aliphatic carbocycles. The highest BCUT2D eigenvalue weighted by Gasteiger charge is 2.29. The van der Waals surface area contributed by atoms with E-state index in [2.05, 4.69) is 16.6 Å². The van der Waals surface area contributed by atoms with Gasteiger partial charge in [-0.2, -0.15) is 0 Å². The van der Waals surface area contributed by atoms with E-state index in [9.17, 15) is 14.4 Å². The zero-order valence-corrected chi connectivity index (χ0v) is 16.6. The smallest absolute Gasteiger partial charge is 0.408 e. The van der Waals surface area contributed by atoms with Crippen molar-refractivity contribution in [2.45, 2.75) is 51.8 Å². The fraction of sp³-hybridized carbons (Fsp3) is 0.476. The highest BCUT2D eigenvalue weighted by molar-refractivity contribution is 5.89. The number of methoxy groups -OCH3 is 1. The number of terminal acetylenes is 1. The Balaban J connectivity index is 2.66. The first-order valence-electron chi connectivity index (χ1n) is 9.17. The molecule has 28 heavy (non-hydrogen) atoms. The van der Waals surface area contributed by atoms with Crippen LogP contribution in [-0.4, -0.2) is 37.2 Å². The molecule has 0 saturated carbocycles. The van der Waals surface area contributed by atoms with Gasteiger partial charge in [-0.15, -0.1) is 12.3 Å². The maximum absolute atomic E-state index is 12.6. The minimum Gasteiger partial charge on any atom is -0.467 e. The maximum Gasteiger partial charge on any atom is 0.408 e. The van der Waals surface area contributed by atoms with Crippen molar-refractivity contribution >= 4 is 18.0 Å². The van der Waals surface area contributed by atoms with Crippen LogP contribution in [0.25, 0.3) is 0 Å². The van der Waals surface area contributed by atoms with Crippen LogP contribution in [0.2, 0.25) is 0 Å². The van der Waals surface area contributed by atoms with Crippen LogP contribution in [0, 0.1) is 18.3 Å². The summed E-state index contributed by atoms with van der Waals surface area (Å²) >= 11 is 0. The third-order valence-corrected chi connectivity index (χ3v) is 4.05. The summed E-state index contributed by atoms with van der Waals surface area (Å²) < 4.78 is 9.90. The molecule has 0 fully saturated rings. The lowest BCUT2D eigenvalue weighted by molar-refractivity contribution is -0.145. The van der Waals surface area contributed by atoms with Gasteiger partial charge in [0.05, 0.1) is 7.11 Å². The summed E-state index contributed by atoms with van der Waals surface area (Å²) in [5.41, 5.74) is 0.836. The SMILES string of the molecule is C#CCCC[C@@H](NC(=O)[C@@H](NC(=O)OCc1ccccc1)C(C)C)C(=O)OC. The van der Waals surface area contributed by atoms with Crippen LogP contribution >= 0.6 is 0 Å². The molecule has 0 aliphatic rings.